The largest absolute Gasteiger partial charge is 0.496 e. The molecule has 166 valence electrons. The lowest BCUT2D eigenvalue weighted by Crippen LogP contribution is -2.47. The van der Waals surface area contributed by atoms with Crippen LogP contribution in [-0.4, -0.2) is 63.3 Å². The third-order valence-electron chi connectivity index (χ3n) is 6.48. The van der Waals surface area contributed by atoms with E-state index in [1.54, 1.807) is 7.11 Å². The molecule has 8 heteroatoms. The van der Waals surface area contributed by atoms with Crippen LogP contribution in [0.3, 0.4) is 0 Å². The molecule has 30 heavy (non-hydrogen) atoms. The number of tetrazole rings is 1. The van der Waals surface area contributed by atoms with Gasteiger partial charge in [0.15, 0.2) is 5.82 Å². The molecule has 1 unspecified atom stereocenters. The van der Waals surface area contributed by atoms with Crippen LogP contribution in [0, 0.1) is 0 Å². The molecule has 1 aromatic heterocycles. The molecule has 1 atom stereocenters. The van der Waals surface area contributed by atoms with Crippen molar-refractivity contribution in [3.8, 4) is 5.75 Å². The van der Waals surface area contributed by atoms with Gasteiger partial charge in [-0.05, 0) is 35.8 Å². The lowest BCUT2D eigenvalue weighted by Gasteiger charge is -2.39. The van der Waals surface area contributed by atoms with Gasteiger partial charge in [-0.15, -0.1) is 17.5 Å². The van der Waals surface area contributed by atoms with Crippen LogP contribution in [0.4, 0.5) is 0 Å². The van der Waals surface area contributed by atoms with Crippen LogP contribution in [0.2, 0.25) is 0 Å². The lowest BCUT2D eigenvalue weighted by molar-refractivity contribution is 0.0806. The maximum atomic E-state index is 5.53. The predicted molar refractivity (Wildman–Crippen MR) is 120 cm³/mol. The first-order chi connectivity index (χ1) is 14.3. The minimum absolute atomic E-state index is 0. The molecule has 4 rings (SSSR count). The van der Waals surface area contributed by atoms with Gasteiger partial charge < -0.3 is 4.74 Å². The number of nitrogens with zero attached hydrogens (tertiary/aromatic N) is 6. The molecule has 0 amide bonds. The second-order valence-electron chi connectivity index (χ2n) is 8.35. The van der Waals surface area contributed by atoms with Crippen LogP contribution in [-0.2, 0) is 6.54 Å². The number of para-hydroxylation sites is 1. The van der Waals surface area contributed by atoms with Gasteiger partial charge in [0.1, 0.15) is 5.75 Å². The monoisotopic (exact) mass is 434 g/mol. The Kier molecular flexibility index (Phi) is 8.48. The summed E-state index contributed by atoms with van der Waals surface area (Å²) in [5, 5.41) is 13.0. The lowest BCUT2D eigenvalue weighted by atomic mass is 10.1. The van der Waals surface area contributed by atoms with Crippen molar-refractivity contribution in [3.05, 3.63) is 35.7 Å². The van der Waals surface area contributed by atoms with Crippen LogP contribution in [0.5, 0.6) is 5.75 Å². The zero-order valence-electron chi connectivity index (χ0n) is 18.2. The Balaban J connectivity index is 0.00000256. The summed E-state index contributed by atoms with van der Waals surface area (Å²) in [4.78, 5) is 5.12. The van der Waals surface area contributed by atoms with E-state index in [1.165, 1.54) is 31.2 Å². The van der Waals surface area contributed by atoms with Gasteiger partial charge in [0.25, 0.3) is 0 Å². The molecule has 2 heterocycles. The van der Waals surface area contributed by atoms with Gasteiger partial charge in [0, 0.05) is 38.3 Å². The summed E-state index contributed by atoms with van der Waals surface area (Å²) in [6.45, 7) is 7.42. The SMILES string of the molecule is CCCC(c1nnnn1C1CCCC1)N1CCN(Cc2ccccc2OC)CC1.Cl. The topological polar surface area (TPSA) is 59.3 Å². The molecule has 1 saturated carbocycles. The Bertz CT molecular complexity index is 770. The summed E-state index contributed by atoms with van der Waals surface area (Å²) in [6, 6.07) is 9.15. The van der Waals surface area contributed by atoms with Crippen molar-refractivity contribution in [2.45, 2.75) is 64.1 Å². The third kappa shape index (κ3) is 5.13. The highest BCUT2D eigenvalue weighted by Crippen LogP contribution is 2.33. The molecule has 0 spiro atoms. The molecule has 1 saturated heterocycles. The quantitative estimate of drug-likeness (QED) is 0.628. The summed E-state index contributed by atoms with van der Waals surface area (Å²) in [5.74, 6) is 2.06. The van der Waals surface area contributed by atoms with Crippen molar-refractivity contribution in [2.24, 2.45) is 0 Å². The molecule has 2 aliphatic rings. The van der Waals surface area contributed by atoms with Crippen molar-refractivity contribution < 1.29 is 4.74 Å². The van der Waals surface area contributed by atoms with Crippen molar-refractivity contribution in [1.82, 2.24) is 30.0 Å². The van der Waals surface area contributed by atoms with Crippen LogP contribution < -0.4 is 4.74 Å². The molecule has 0 N–H and O–H groups in total. The van der Waals surface area contributed by atoms with E-state index in [0.29, 0.717) is 12.1 Å². The van der Waals surface area contributed by atoms with Gasteiger partial charge in [0.05, 0.1) is 19.2 Å². The van der Waals surface area contributed by atoms with Gasteiger partial charge in [-0.3, -0.25) is 9.80 Å². The van der Waals surface area contributed by atoms with E-state index in [2.05, 4.69) is 49.1 Å². The van der Waals surface area contributed by atoms with E-state index in [1.807, 2.05) is 12.1 Å². The van der Waals surface area contributed by atoms with E-state index in [-0.39, 0.29) is 12.4 Å². The van der Waals surface area contributed by atoms with Gasteiger partial charge in [0.2, 0.25) is 0 Å². The average molecular weight is 435 g/mol. The van der Waals surface area contributed by atoms with E-state index >= 15 is 0 Å². The number of methoxy groups -OCH3 is 1. The van der Waals surface area contributed by atoms with Crippen LogP contribution in [0.1, 0.15) is 68.9 Å². The predicted octanol–water partition coefficient (Wildman–Crippen LogP) is 3.88. The highest BCUT2D eigenvalue weighted by molar-refractivity contribution is 5.85. The first-order valence-corrected chi connectivity index (χ1v) is 11.2. The first kappa shape index (κ1) is 23.0. The molecule has 2 fully saturated rings. The fraction of sp³-hybridized carbons (Fsp3) is 0.682. The summed E-state index contributed by atoms with van der Waals surface area (Å²) >= 11 is 0. The standard InChI is InChI=1S/C22H34N6O.ClH/c1-3-8-20(22-23-24-25-28(22)19-10-5-6-11-19)27-15-13-26(14-16-27)17-18-9-4-7-12-21(18)29-2;/h4,7,9,12,19-20H,3,5-6,8,10-11,13-17H2,1-2H3;1H. The average Bonchev–Trinajstić information content (AvgIpc) is 3.45. The van der Waals surface area contributed by atoms with E-state index in [0.717, 1.165) is 57.1 Å². The van der Waals surface area contributed by atoms with Crippen LogP contribution in [0.15, 0.2) is 24.3 Å². The molecular weight excluding hydrogens is 400 g/mol. The summed E-state index contributed by atoms with van der Waals surface area (Å²) in [7, 11) is 1.75. The van der Waals surface area contributed by atoms with Gasteiger partial charge >= 0.3 is 0 Å². The van der Waals surface area contributed by atoms with Crippen molar-refractivity contribution in [3.63, 3.8) is 0 Å². The fourth-order valence-electron chi connectivity index (χ4n) is 4.88. The molecule has 1 aromatic carbocycles. The maximum Gasteiger partial charge on any atom is 0.168 e. The molecule has 7 nitrogen and oxygen atoms in total. The summed E-state index contributed by atoms with van der Waals surface area (Å²) in [5.41, 5.74) is 1.26. The Morgan fingerprint density at radius 2 is 1.83 bits per heavy atom. The Labute approximate surface area is 186 Å². The molecule has 1 aliphatic carbocycles. The van der Waals surface area contributed by atoms with E-state index in [4.69, 9.17) is 4.74 Å². The zero-order chi connectivity index (χ0) is 20.1. The maximum absolute atomic E-state index is 5.53. The Hall–Kier alpha value is -1.70. The minimum Gasteiger partial charge on any atom is -0.496 e. The zero-order valence-corrected chi connectivity index (χ0v) is 19.1. The van der Waals surface area contributed by atoms with Gasteiger partial charge in [-0.2, -0.15) is 0 Å². The highest BCUT2D eigenvalue weighted by Gasteiger charge is 2.31. The van der Waals surface area contributed by atoms with Crippen LogP contribution in [0.25, 0.3) is 0 Å². The second-order valence-corrected chi connectivity index (χ2v) is 8.35. The summed E-state index contributed by atoms with van der Waals surface area (Å²) in [6.07, 6.45) is 7.27. The smallest absolute Gasteiger partial charge is 0.168 e. The van der Waals surface area contributed by atoms with E-state index in [9.17, 15) is 0 Å². The van der Waals surface area contributed by atoms with Crippen LogP contribution >= 0.6 is 12.4 Å². The second kappa shape index (κ2) is 11.1. The molecule has 0 bridgehead atoms. The number of aromatic nitrogens is 4. The number of ether oxygens (including phenoxy) is 1. The fourth-order valence-corrected chi connectivity index (χ4v) is 4.88. The molecule has 1 aliphatic heterocycles. The number of rotatable bonds is 8. The van der Waals surface area contributed by atoms with E-state index < -0.39 is 0 Å². The van der Waals surface area contributed by atoms with Gasteiger partial charge in [-0.1, -0.05) is 44.4 Å². The van der Waals surface area contributed by atoms with Crippen molar-refractivity contribution in [2.75, 3.05) is 33.3 Å². The van der Waals surface area contributed by atoms with Gasteiger partial charge in [-0.25, -0.2) is 4.68 Å². The first-order valence-electron chi connectivity index (χ1n) is 11.2. The molecular formula is C22H35ClN6O. The minimum atomic E-state index is 0. The summed E-state index contributed by atoms with van der Waals surface area (Å²) < 4.78 is 7.67. The van der Waals surface area contributed by atoms with Crippen molar-refractivity contribution >= 4 is 12.4 Å². The highest BCUT2D eigenvalue weighted by atomic mass is 35.5. The molecule has 0 radical (unpaired) electrons. The molecule has 2 aromatic rings. The Morgan fingerprint density at radius 3 is 2.53 bits per heavy atom. The number of benzene rings is 1. The number of hydrogen-bond donors (Lipinski definition) is 0. The number of hydrogen-bond acceptors (Lipinski definition) is 6. The Morgan fingerprint density at radius 1 is 1.10 bits per heavy atom. The number of halogens is 1. The number of piperazine rings is 1. The third-order valence-corrected chi connectivity index (χ3v) is 6.48. The van der Waals surface area contributed by atoms with Crippen molar-refractivity contribution in [1.29, 1.82) is 0 Å². The normalized spacial score (nSPS) is 19.5.